The molecular formula is C18H30N2O4. The lowest BCUT2D eigenvalue weighted by Crippen LogP contribution is -2.30. The molecule has 0 heterocycles. The Morgan fingerprint density at radius 1 is 1.08 bits per heavy atom. The van der Waals surface area contributed by atoms with Gasteiger partial charge in [0.1, 0.15) is 0 Å². The molecule has 1 aromatic carbocycles. The molecular weight excluding hydrogens is 308 g/mol. The molecule has 0 aliphatic carbocycles. The fourth-order valence-corrected chi connectivity index (χ4v) is 2.34. The average Bonchev–Trinajstić information content (AvgIpc) is 2.61. The van der Waals surface area contributed by atoms with E-state index >= 15 is 0 Å². The van der Waals surface area contributed by atoms with E-state index in [4.69, 9.17) is 14.2 Å². The molecule has 1 aromatic rings. The monoisotopic (exact) mass is 338 g/mol. The van der Waals surface area contributed by atoms with E-state index < -0.39 is 0 Å². The topological polar surface area (TPSA) is 60.0 Å². The molecule has 1 N–H and O–H groups in total. The minimum Gasteiger partial charge on any atom is -0.493 e. The predicted octanol–water partition coefficient (Wildman–Crippen LogP) is 1.72. The zero-order valence-corrected chi connectivity index (χ0v) is 15.3. The first-order valence-corrected chi connectivity index (χ1v) is 8.42. The standard InChI is InChI=1S/C18H30N2O4/c1-5-20(6-2)10-12-24-11-9-19-18(21)14-15-7-8-16(22-3)17(13-15)23-4/h7-8,13H,5-6,9-12,14H2,1-4H3,(H,19,21). The van der Waals surface area contributed by atoms with Crippen molar-refractivity contribution < 1.29 is 19.0 Å². The fourth-order valence-electron chi connectivity index (χ4n) is 2.34. The Bertz CT molecular complexity index is 490. The zero-order chi connectivity index (χ0) is 17.8. The van der Waals surface area contributed by atoms with Crippen LogP contribution in [0.15, 0.2) is 18.2 Å². The van der Waals surface area contributed by atoms with Crippen LogP contribution >= 0.6 is 0 Å². The second-order valence-corrected chi connectivity index (χ2v) is 5.36. The quantitative estimate of drug-likeness (QED) is 0.588. The summed E-state index contributed by atoms with van der Waals surface area (Å²) < 4.78 is 16.0. The van der Waals surface area contributed by atoms with Gasteiger partial charge in [-0.15, -0.1) is 0 Å². The average molecular weight is 338 g/mol. The highest BCUT2D eigenvalue weighted by Crippen LogP contribution is 2.27. The van der Waals surface area contributed by atoms with Crippen molar-refractivity contribution in [1.29, 1.82) is 0 Å². The molecule has 0 aliphatic heterocycles. The van der Waals surface area contributed by atoms with Crippen molar-refractivity contribution in [3.63, 3.8) is 0 Å². The second kappa shape index (κ2) is 11.7. The molecule has 1 amide bonds. The van der Waals surface area contributed by atoms with Gasteiger partial charge in [-0.2, -0.15) is 0 Å². The SMILES string of the molecule is CCN(CC)CCOCCNC(=O)Cc1ccc(OC)c(OC)c1. The first-order chi connectivity index (χ1) is 11.6. The van der Waals surface area contributed by atoms with Crippen LogP contribution in [0.2, 0.25) is 0 Å². The van der Waals surface area contributed by atoms with Gasteiger partial charge < -0.3 is 24.4 Å². The molecule has 0 unspecified atom stereocenters. The zero-order valence-electron chi connectivity index (χ0n) is 15.3. The van der Waals surface area contributed by atoms with E-state index in [1.165, 1.54) is 0 Å². The Morgan fingerprint density at radius 3 is 2.42 bits per heavy atom. The molecule has 0 aromatic heterocycles. The highest BCUT2D eigenvalue weighted by Gasteiger charge is 2.08. The number of methoxy groups -OCH3 is 2. The molecule has 0 aliphatic rings. The minimum absolute atomic E-state index is 0.0328. The van der Waals surface area contributed by atoms with Gasteiger partial charge in [0, 0.05) is 13.1 Å². The Hall–Kier alpha value is -1.79. The summed E-state index contributed by atoms with van der Waals surface area (Å²) in [6.45, 7) is 8.99. The van der Waals surface area contributed by atoms with Crippen molar-refractivity contribution in [3.8, 4) is 11.5 Å². The molecule has 0 fully saturated rings. The summed E-state index contributed by atoms with van der Waals surface area (Å²) in [6, 6.07) is 5.48. The third-order valence-corrected chi connectivity index (χ3v) is 3.83. The summed E-state index contributed by atoms with van der Waals surface area (Å²) in [6.07, 6.45) is 0.305. The number of carbonyl (C=O) groups excluding carboxylic acids is 1. The number of nitrogens with zero attached hydrogens (tertiary/aromatic N) is 1. The van der Waals surface area contributed by atoms with Crippen LogP contribution < -0.4 is 14.8 Å². The predicted molar refractivity (Wildman–Crippen MR) is 94.9 cm³/mol. The summed E-state index contributed by atoms with van der Waals surface area (Å²) in [4.78, 5) is 14.3. The number of carbonyl (C=O) groups is 1. The molecule has 1 rings (SSSR count). The van der Waals surface area contributed by atoms with E-state index in [0.29, 0.717) is 37.7 Å². The largest absolute Gasteiger partial charge is 0.493 e. The molecule has 6 nitrogen and oxygen atoms in total. The Labute approximate surface area is 145 Å². The second-order valence-electron chi connectivity index (χ2n) is 5.36. The lowest BCUT2D eigenvalue weighted by Gasteiger charge is -2.17. The lowest BCUT2D eigenvalue weighted by molar-refractivity contribution is -0.120. The van der Waals surface area contributed by atoms with E-state index in [-0.39, 0.29) is 5.91 Å². The van der Waals surface area contributed by atoms with Crippen LogP contribution in [-0.2, 0) is 16.0 Å². The highest BCUT2D eigenvalue weighted by molar-refractivity contribution is 5.78. The fraction of sp³-hybridized carbons (Fsp3) is 0.611. The first-order valence-electron chi connectivity index (χ1n) is 8.42. The van der Waals surface area contributed by atoms with Crippen molar-refractivity contribution in [2.24, 2.45) is 0 Å². The number of hydrogen-bond acceptors (Lipinski definition) is 5. The first kappa shape index (κ1) is 20.3. The molecule has 0 atom stereocenters. The van der Waals surface area contributed by atoms with Crippen LogP contribution in [-0.4, -0.2) is 64.4 Å². The number of amides is 1. The van der Waals surface area contributed by atoms with Gasteiger partial charge in [0.05, 0.1) is 33.9 Å². The Morgan fingerprint density at radius 2 is 1.79 bits per heavy atom. The number of likely N-dealkylation sites (N-methyl/N-ethyl adjacent to an activating group) is 1. The van der Waals surface area contributed by atoms with E-state index in [9.17, 15) is 4.79 Å². The number of benzene rings is 1. The molecule has 136 valence electrons. The molecule has 24 heavy (non-hydrogen) atoms. The van der Waals surface area contributed by atoms with Gasteiger partial charge in [0.2, 0.25) is 5.91 Å². The maximum absolute atomic E-state index is 12.0. The molecule has 0 spiro atoms. The highest BCUT2D eigenvalue weighted by atomic mass is 16.5. The van der Waals surface area contributed by atoms with Gasteiger partial charge in [0.15, 0.2) is 11.5 Å². The van der Waals surface area contributed by atoms with Crippen molar-refractivity contribution in [2.45, 2.75) is 20.3 Å². The van der Waals surface area contributed by atoms with Gasteiger partial charge in [-0.1, -0.05) is 19.9 Å². The van der Waals surface area contributed by atoms with E-state index in [1.54, 1.807) is 20.3 Å². The Balaban J connectivity index is 2.25. The molecule has 0 saturated heterocycles. The van der Waals surface area contributed by atoms with Crippen molar-refractivity contribution in [1.82, 2.24) is 10.2 Å². The van der Waals surface area contributed by atoms with E-state index in [0.717, 1.165) is 25.2 Å². The summed E-state index contributed by atoms with van der Waals surface area (Å²) in [5.74, 6) is 1.25. The van der Waals surface area contributed by atoms with Crippen LogP contribution in [0.5, 0.6) is 11.5 Å². The van der Waals surface area contributed by atoms with Crippen molar-refractivity contribution in [2.75, 3.05) is 53.6 Å². The number of ether oxygens (including phenoxy) is 3. The molecule has 6 heteroatoms. The van der Waals surface area contributed by atoms with Gasteiger partial charge in [-0.05, 0) is 30.8 Å². The summed E-state index contributed by atoms with van der Waals surface area (Å²) >= 11 is 0. The van der Waals surface area contributed by atoms with Crippen molar-refractivity contribution >= 4 is 5.91 Å². The smallest absolute Gasteiger partial charge is 0.224 e. The Kier molecular flexibility index (Phi) is 9.88. The maximum atomic E-state index is 12.0. The lowest BCUT2D eigenvalue weighted by atomic mass is 10.1. The number of rotatable bonds is 12. The number of hydrogen-bond donors (Lipinski definition) is 1. The van der Waals surface area contributed by atoms with Crippen LogP contribution in [0.25, 0.3) is 0 Å². The normalized spacial score (nSPS) is 10.7. The van der Waals surface area contributed by atoms with Crippen molar-refractivity contribution in [3.05, 3.63) is 23.8 Å². The van der Waals surface area contributed by atoms with Crippen LogP contribution in [0.1, 0.15) is 19.4 Å². The van der Waals surface area contributed by atoms with Gasteiger partial charge in [-0.3, -0.25) is 4.79 Å². The molecule has 0 saturated carbocycles. The van der Waals surface area contributed by atoms with E-state index in [1.807, 2.05) is 12.1 Å². The summed E-state index contributed by atoms with van der Waals surface area (Å²) in [7, 11) is 3.17. The van der Waals surface area contributed by atoms with Crippen LogP contribution in [0.4, 0.5) is 0 Å². The van der Waals surface area contributed by atoms with Crippen LogP contribution in [0, 0.1) is 0 Å². The third kappa shape index (κ3) is 7.19. The number of nitrogens with one attached hydrogen (secondary N) is 1. The summed E-state index contributed by atoms with van der Waals surface area (Å²) in [5.41, 5.74) is 0.882. The van der Waals surface area contributed by atoms with Gasteiger partial charge >= 0.3 is 0 Å². The third-order valence-electron chi connectivity index (χ3n) is 3.83. The minimum atomic E-state index is -0.0328. The molecule has 0 bridgehead atoms. The van der Waals surface area contributed by atoms with Gasteiger partial charge in [0.25, 0.3) is 0 Å². The van der Waals surface area contributed by atoms with E-state index in [2.05, 4.69) is 24.1 Å². The van der Waals surface area contributed by atoms with Gasteiger partial charge in [-0.25, -0.2) is 0 Å². The maximum Gasteiger partial charge on any atom is 0.224 e. The molecule has 0 radical (unpaired) electrons. The summed E-state index contributed by atoms with van der Waals surface area (Å²) in [5, 5.41) is 2.86. The van der Waals surface area contributed by atoms with Crippen LogP contribution in [0.3, 0.4) is 0 Å².